The van der Waals surface area contributed by atoms with Crippen molar-refractivity contribution >= 4 is 23.7 Å². The van der Waals surface area contributed by atoms with Crippen molar-refractivity contribution in [1.82, 2.24) is 0 Å². The number of fused-ring (bicyclic) bond motifs is 1. The Morgan fingerprint density at radius 3 is 2.79 bits per heavy atom. The fraction of sp³-hybridized carbons (Fsp3) is 0.357. The largest absolute Gasteiger partial charge is 0.494 e. The molecule has 1 aliphatic rings. The molecule has 5 nitrogen and oxygen atoms in total. The van der Waals surface area contributed by atoms with Crippen molar-refractivity contribution < 1.29 is 19.1 Å². The second-order valence-electron chi connectivity index (χ2n) is 3.98. The van der Waals surface area contributed by atoms with Crippen molar-refractivity contribution in [3.05, 3.63) is 23.8 Å². The predicted octanol–water partition coefficient (Wildman–Crippen LogP) is 2.16. The van der Waals surface area contributed by atoms with Crippen LogP contribution in [-0.4, -0.2) is 31.2 Å². The first-order chi connectivity index (χ1) is 9.17. The molecule has 1 atom stereocenters. The van der Waals surface area contributed by atoms with Crippen LogP contribution >= 0.6 is 0 Å². The average molecular weight is 261 g/mol. The summed E-state index contributed by atoms with van der Waals surface area (Å²) >= 11 is 0. The summed E-state index contributed by atoms with van der Waals surface area (Å²) in [5, 5.41) is 0. The minimum atomic E-state index is -0.954. The van der Waals surface area contributed by atoms with Crippen molar-refractivity contribution in [3.63, 3.8) is 0 Å². The first-order valence-corrected chi connectivity index (χ1v) is 6.19. The molecule has 1 unspecified atom stereocenters. The van der Waals surface area contributed by atoms with Crippen LogP contribution < -0.4 is 4.74 Å². The summed E-state index contributed by atoms with van der Waals surface area (Å²) in [6, 6.07) is 5.07. The molecule has 0 radical (unpaired) electrons. The lowest BCUT2D eigenvalue weighted by Crippen LogP contribution is -2.29. The summed E-state index contributed by atoms with van der Waals surface area (Å²) in [5.74, 6) is -1.23. The van der Waals surface area contributed by atoms with Crippen molar-refractivity contribution in [1.29, 1.82) is 0 Å². The van der Waals surface area contributed by atoms with Crippen LogP contribution in [0.2, 0.25) is 0 Å². The maximum atomic E-state index is 12.2. The van der Waals surface area contributed by atoms with E-state index in [0.717, 1.165) is 0 Å². The minimum Gasteiger partial charge on any atom is -0.494 e. The molecule has 0 aliphatic carbocycles. The number of aliphatic imine (C=N–C) groups is 1. The molecule has 5 heteroatoms. The third kappa shape index (κ3) is 2.65. The number of nitrogens with zero attached hydrogens (tertiary/aromatic N) is 1. The minimum absolute atomic E-state index is 0.238. The zero-order valence-corrected chi connectivity index (χ0v) is 10.9. The van der Waals surface area contributed by atoms with Gasteiger partial charge in [-0.3, -0.25) is 14.6 Å². The molecule has 0 fully saturated rings. The number of rotatable bonds is 4. The quantitative estimate of drug-likeness (QED) is 0.615. The highest BCUT2D eigenvalue weighted by molar-refractivity contribution is 6.22. The zero-order chi connectivity index (χ0) is 13.8. The Balaban J connectivity index is 2.30. The van der Waals surface area contributed by atoms with Crippen LogP contribution in [0.15, 0.2) is 23.2 Å². The van der Waals surface area contributed by atoms with Gasteiger partial charge in [0.25, 0.3) is 0 Å². The van der Waals surface area contributed by atoms with E-state index in [1.54, 1.807) is 25.1 Å². The van der Waals surface area contributed by atoms with Crippen LogP contribution in [0.1, 0.15) is 24.2 Å². The Morgan fingerprint density at radius 2 is 2.11 bits per heavy atom. The smallest absolute Gasteiger partial charge is 0.322 e. The molecule has 0 aromatic heterocycles. The highest BCUT2D eigenvalue weighted by Crippen LogP contribution is 2.30. The first kappa shape index (κ1) is 13.3. The van der Waals surface area contributed by atoms with Gasteiger partial charge in [-0.15, -0.1) is 0 Å². The number of carbonyl (C=O) groups is 2. The second kappa shape index (κ2) is 5.65. The van der Waals surface area contributed by atoms with E-state index in [0.29, 0.717) is 23.6 Å². The van der Waals surface area contributed by atoms with E-state index >= 15 is 0 Å². The number of ketones is 1. The molecule has 1 heterocycles. The predicted molar refractivity (Wildman–Crippen MR) is 70.2 cm³/mol. The van der Waals surface area contributed by atoms with Gasteiger partial charge in [0.15, 0.2) is 11.7 Å². The Morgan fingerprint density at radius 1 is 1.32 bits per heavy atom. The molecule has 1 aromatic rings. The van der Waals surface area contributed by atoms with Gasteiger partial charge >= 0.3 is 5.97 Å². The lowest BCUT2D eigenvalue weighted by Gasteiger charge is -2.17. The molecular weight excluding hydrogens is 246 g/mol. The molecule has 0 bridgehead atoms. The van der Waals surface area contributed by atoms with Crippen LogP contribution in [0.25, 0.3) is 0 Å². The summed E-state index contributed by atoms with van der Waals surface area (Å²) in [7, 11) is 0. The Bertz CT molecular complexity index is 536. The fourth-order valence-electron chi connectivity index (χ4n) is 1.87. The lowest BCUT2D eigenvalue weighted by molar-refractivity contribution is -0.143. The normalized spacial score (nSPS) is 16.9. The number of benzene rings is 1. The molecule has 0 N–H and O–H groups in total. The lowest BCUT2D eigenvalue weighted by atomic mass is 9.94. The van der Waals surface area contributed by atoms with E-state index in [4.69, 9.17) is 9.47 Å². The summed E-state index contributed by atoms with van der Waals surface area (Å²) in [6.45, 7) is 4.31. The van der Waals surface area contributed by atoms with Crippen molar-refractivity contribution in [2.24, 2.45) is 10.9 Å². The average Bonchev–Trinajstić information content (AvgIpc) is 2.40. The molecule has 2 rings (SSSR count). The van der Waals surface area contributed by atoms with Gasteiger partial charge in [-0.2, -0.15) is 0 Å². The molecular formula is C14H15NO4. The second-order valence-corrected chi connectivity index (χ2v) is 3.98. The highest BCUT2D eigenvalue weighted by Gasteiger charge is 2.32. The number of hydrogen-bond donors (Lipinski definition) is 0. The van der Waals surface area contributed by atoms with Gasteiger partial charge in [0, 0.05) is 11.8 Å². The number of esters is 1. The summed E-state index contributed by atoms with van der Waals surface area (Å²) in [5.41, 5.74) is 0.945. The van der Waals surface area contributed by atoms with Crippen LogP contribution in [0.3, 0.4) is 0 Å². The van der Waals surface area contributed by atoms with Gasteiger partial charge in [0.2, 0.25) is 0 Å². The summed E-state index contributed by atoms with van der Waals surface area (Å²) < 4.78 is 10.2. The molecule has 0 saturated carbocycles. The van der Waals surface area contributed by atoms with E-state index in [1.807, 2.05) is 6.92 Å². The number of Topliss-reactive ketones (excluding diaryl/α,β-unsaturated/α-hetero) is 1. The Hall–Kier alpha value is -2.17. The third-order valence-corrected chi connectivity index (χ3v) is 2.73. The van der Waals surface area contributed by atoms with Crippen molar-refractivity contribution in [2.75, 3.05) is 13.2 Å². The van der Waals surface area contributed by atoms with Crippen LogP contribution in [0.5, 0.6) is 5.75 Å². The van der Waals surface area contributed by atoms with E-state index in [9.17, 15) is 9.59 Å². The van der Waals surface area contributed by atoms with Crippen molar-refractivity contribution in [3.8, 4) is 5.75 Å². The van der Waals surface area contributed by atoms with Gasteiger partial charge in [0.1, 0.15) is 5.75 Å². The monoisotopic (exact) mass is 261 g/mol. The van der Waals surface area contributed by atoms with Gasteiger partial charge < -0.3 is 9.47 Å². The van der Waals surface area contributed by atoms with Crippen LogP contribution in [0.4, 0.5) is 5.69 Å². The van der Waals surface area contributed by atoms with Crippen LogP contribution in [-0.2, 0) is 9.53 Å². The number of hydrogen-bond acceptors (Lipinski definition) is 5. The number of ether oxygens (including phenoxy) is 2. The molecule has 1 aliphatic heterocycles. The molecule has 0 amide bonds. The molecule has 1 aromatic carbocycles. The van der Waals surface area contributed by atoms with E-state index in [2.05, 4.69) is 4.99 Å². The van der Waals surface area contributed by atoms with Gasteiger partial charge in [-0.05, 0) is 32.0 Å². The van der Waals surface area contributed by atoms with Crippen molar-refractivity contribution in [2.45, 2.75) is 13.8 Å². The molecule has 19 heavy (non-hydrogen) atoms. The Labute approximate surface area is 111 Å². The van der Waals surface area contributed by atoms with E-state index in [-0.39, 0.29) is 12.4 Å². The third-order valence-electron chi connectivity index (χ3n) is 2.73. The first-order valence-electron chi connectivity index (χ1n) is 6.19. The SMILES string of the molecule is CCOC(=O)C1C=Nc2ccc(OCC)cc2C1=O. The molecule has 0 spiro atoms. The maximum Gasteiger partial charge on any atom is 0.322 e. The summed E-state index contributed by atoms with van der Waals surface area (Å²) in [4.78, 5) is 28.0. The van der Waals surface area contributed by atoms with E-state index < -0.39 is 11.9 Å². The highest BCUT2D eigenvalue weighted by atomic mass is 16.5. The number of carbonyl (C=O) groups excluding carboxylic acids is 2. The van der Waals surface area contributed by atoms with E-state index in [1.165, 1.54) is 6.21 Å². The maximum absolute atomic E-state index is 12.2. The Kier molecular flexibility index (Phi) is 3.94. The summed E-state index contributed by atoms with van der Waals surface area (Å²) in [6.07, 6.45) is 1.34. The standard InChI is InChI=1S/C14H15NO4/c1-3-18-9-5-6-12-10(7-9)13(16)11(8-15-12)14(17)19-4-2/h5-8,11H,3-4H2,1-2H3. The molecule has 0 saturated heterocycles. The van der Waals surface area contributed by atoms with Crippen LogP contribution in [0, 0.1) is 5.92 Å². The van der Waals surface area contributed by atoms with Gasteiger partial charge in [0.05, 0.1) is 18.9 Å². The zero-order valence-electron chi connectivity index (χ0n) is 10.9. The fourth-order valence-corrected chi connectivity index (χ4v) is 1.87. The topological polar surface area (TPSA) is 65.0 Å². The van der Waals surface area contributed by atoms with Gasteiger partial charge in [-0.1, -0.05) is 0 Å². The van der Waals surface area contributed by atoms with Gasteiger partial charge in [-0.25, -0.2) is 0 Å². The molecule has 100 valence electrons.